The molecule has 108 valence electrons. The molecule has 0 radical (unpaired) electrons. The quantitative estimate of drug-likeness (QED) is 0.851. The monoisotopic (exact) mass is 279 g/mol. The molecule has 0 saturated heterocycles. The number of hydrogen-bond donors (Lipinski definition) is 1. The Hall–Kier alpha value is -1.95. The lowest BCUT2D eigenvalue weighted by Gasteiger charge is -2.23. The van der Waals surface area contributed by atoms with Gasteiger partial charge in [-0.1, -0.05) is 12.1 Å². The van der Waals surface area contributed by atoms with E-state index >= 15 is 0 Å². The molecular formula is C14H18FN3O2. The molecule has 0 aliphatic heterocycles. The highest BCUT2D eigenvalue weighted by atomic mass is 19.1. The van der Waals surface area contributed by atoms with Crippen LogP contribution < -0.4 is 5.73 Å². The van der Waals surface area contributed by atoms with Crippen LogP contribution in [0.1, 0.15) is 33.0 Å². The molecule has 1 unspecified atom stereocenters. The number of anilines is 1. The maximum atomic E-state index is 13.2. The maximum absolute atomic E-state index is 13.2. The molecule has 5 nitrogen and oxygen atoms in total. The van der Waals surface area contributed by atoms with Crippen LogP contribution >= 0.6 is 0 Å². The lowest BCUT2D eigenvalue weighted by Crippen LogP contribution is -2.26. The van der Waals surface area contributed by atoms with E-state index in [-0.39, 0.29) is 5.69 Å². The number of hydrogen-bond acceptors (Lipinski definition) is 5. The Balaban J connectivity index is 2.34. The van der Waals surface area contributed by atoms with E-state index in [1.165, 1.54) is 12.1 Å². The van der Waals surface area contributed by atoms with E-state index in [2.05, 4.69) is 10.1 Å². The second kappa shape index (κ2) is 5.58. The highest BCUT2D eigenvalue weighted by Gasteiger charge is 2.31. The first-order chi connectivity index (χ1) is 9.50. The van der Waals surface area contributed by atoms with E-state index in [1.807, 2.05) is 20.8 Å². The summed E-state index contributed by atoms with van der Waals surface area (Å²) in [6.07, 6.45) is 0.714. The zero-order chi connectivity index (χ0) is 14.8. The fourth-order valence-corrected chi connectivity index (χ4v) is 1.88. The Morgan fingerprint density at radius 1 is 1.40 bits per heavy atom. The molecule has 6 heteroatoms. The van der Waals surface area contributed by atoms with E-state index in [4.69, 9.17) is 15.0 Å². The van der Waals surface area contributed by atoms with Crippen LogP contribution in [0.3, 0.4) is 0 Å². The van der Waals surface area contributed by atoms with E-state index in [0.717, 1.165) is 0 Å². The van der Waals surface area contributed by atoms with Gasteiger partial charge in [-0.25, -0.2) is 4.39 Å². The van der Waals surface area contributed by atoms with Crippen molar-refractivity contribution in [1.82, 2.24) is 10.1 Å². The summed E-state index contributed by atoms with van der Waals surface area (Å²) in [5, 5.41) is 3.96. The van der Waals surface area contributed by atoms with Crippen molar-refractivity contribution in [1.29, 1.82) is 0 Å². The van der Waals surface area contributed by atoms with Crippen molar-refractivity contribution in [2.45, 2.75) is 32.8 Å². The number of rotatable bonds is 5. The van der Waals surface area contributed by atoms with Gasteiger partial charge in [0.1, 0.15) is 11.4 Å². The second-order valence-corrected chi connectivity index (χ2v) is 4.68. The van der Waals surface area contributed by atoms with Gasteiger partial charge in [-0.3, -0.25) is 0 Å². The van der Waals surface area contributed by atoms with Gasteiger partial charge in [0.15, 0.2) is 0 Å². The number of benzene rings is 1. The van der Waals surface area contributed by atoms with E-state index < -0.39 is 11.4 Å². The van der Waals surface area contributed by atoms with Crippen LogP contribution in [0.25, 0.3) is 11.5 Å². The summed E-state index contributed by atoms with van der Waals surface area (Å²) in [5.74, 6) is 0.298. The highest BCUT2D eigenvalue weighted by Crippen LogP contribution is 2.29. The first kappa shape index (κ1) is 14.5. The Morgan fingerprint density at radius 2 is 2.15 bits per heavy atom. The van der Waals surface area contributed by atoms with Gasteiger partial charge < -0.3 is 15.0 Å². The normalized spacial score (nSPS) is 14.2. The van der Waals surface area contributed by atoms with Crippen molar-refractivity contribution in [3.63, 3.8) is 0 Å². The number of halogens is 1. The summed E-state index contributed by atoms with van der Waals surface area (Å²) in [7, 11) is 0. The third-order valence-electron chi connectivity index (χ3n) is 3.28. The van der Waals surface area contributed by atoms with Crippen LogP contribution in [0, 0.1) is 5.82 Å². The minimum absolute atomic E-state index is 0.0466. The van der Waals surface area contributed by atoms with Gasteiger partial charge in [-0.05, 0) is 38.5 Å². The predicted molar refractivity (Wildman–Crippen MR) is 73.4 cm³/mol. The lowest BCUT2D eigenvalue weighted by atomic mass is 10.0. The molecule has 1 atom stereocenters. The molecule has 0 aliphatic carbocycles. The fraction of sp³-hybridized carbons (Fsp3) is 0.429. The van der Waals surface area contributed by atoms with Crippen LogP contribution in [0.5, 0.6) is 0 Å². The van der Waals surface area contributed by atoms with Gasteiger partial charge >= 0.3 is 0 Å². The van der Waals surface area contributed by atoms with Gasteiger partial charge in [0.2, 0.25) is 5.82 Å². The van der Waals surface area contributed by atoms with Crippen molar-refractivity contribution in [2.24, 2.45) is 0 Å². The fourth-order valence-electron chi connectivity index (χ4n) is 1.88. The first-order valence-corrected chi connectivity index (χ1v) is 6.53. The molecule has 0 fully saturated rings. The molecule has 0 saturated carbocycles. The van der Waals surface area contributed by atoms with Crippen LogP contribution in [-0.4, -0.2) is 16.7 Å². The largest absolute Gasteiger partial charge is 0.396 e. The number of ether oxygens (including phenoxy) is 1. The summed E-state index contributed by atoms with van der Waals surface area (Å²) in [6.45, 7) is 6.36. The Labute approximate surface area is 116 Å². The molecule has 0 aliphatic rings. The number of aromatic nitrogens is 2. The standard InChI is InChI=1S/C14H18FN3O2/c1-4-14(3,19-5-2)13-17-12(20-18-13)9-6-7-10(15)11(16)8-9/h6-8H,4-5,16H2,1-3H3. The van der Waals surface area contributed by atoms with Crippen molar-refractivity contribution in [3.05, 3.63) is 29.8 Å². The average Bonchev–Trinajstić information content (AvgIpc) is 2.92. The predicted octanol–water partition coefficient (Wildman–Crippen LogP) is 3.12. The Kier molecular flexibility index (Phi) is 4.04. The minimum Gasteiger partial charge on any atom is -0.396 e. The molecule has 2 rings (SSSR count). The molecule has 1 aromatic heterocycles. The molecule has 1 aromatic carbocycles. The smallest absolute Gasteiger partial charge is 0.258 e. The molecule has 0 amide bonds. The topological polar surface area (TPSA) is 74.2 Å². The molecular weight excluding hydrogens is 261 g/mol. The highest BCUT2D eigenvalue weighted by molar-refractivity contribution is 5.60. The summed E-state index contributed by atoms with van der Waals surface area (Å²) in [5.41, 5.74) is 5.57. The summed E-state index contributed by atoms with van der Waals surface area (Å²) < 4.78 is 24.1. The summed E-state index contributed by atoms with van der Waals surface area (Å²) in [6, 6.07) is 4.29. The zero-order valence-corrected chi connectivity index (χ0v) is 11.8. The van der Waals surface area contributed by atoms with Crippen LogP contribution in [0.4, 0.5) is 10.1 Å². The number of nitrogen functional groups attached to an aromatic ring is 1. The van der Waals surface area contributed by atoms with Crippen LogP contribution in [-0.2, 0) is 10.3 Å². The molecule has 2 N–H and O–H groups in total. The Bertz CT molecular complexity index is 600. The lowest BCUT2D eigenvalue weighted by molar-refractivity contribution is -0.0403. The van der Waals surface area contributed by atoms with Gasteiger partial charge in [-0.2, -0.15) is 4.98 Å². The van der Waals surface area contributed by atoms with Crippen molar-refractivity contribution < 1.29 is 13.7 Å². The zero-order valence-electron chi connectivity index (χ0n) is 11.8. The van der Waals surface area contributed by atoms with Crippen LogP contribution in [0.15, 0.2) is 22.7 Å². The van der Waals surface area contributed by atoms with E-state index in [0.29, 0.717) is 30.3 Å². The molecule has 1 heterocycles. The number of nitrogens with two attached hydrogens (primary N) is 1. The molecule has 0 spiro atoms. The van der Waals surface area contributed by atoms with Gasteiger partial charge in [0.05, 0.1) is 5.69 Å². The third-order valence-corrected chi connectivity index (χ3v) is 3.28. The number of nitrogens with zero attached hydrogens (tertiary/aromatic N) is 2. The van der Waals surface area contributed by atoms with E-state index in [9.17, 15) is 4.39 Å². The van der Waals surface area contributed by atoms with Gasteiger partial charge in [0, 0.05) is 12.2 Å². The van der Waals surface area contributed by atoms with E-state index in [1.54, 1.807) is 6.07 Å². The van der Waals surface area contributed by atoms with Crippen LogP contribution in [0.2, 0.25) is 0 Å². The molecule has 2 aromatic rings. The molecule has 20 heavy (non-hydrogen) atoms. The second-order valence-electron chi connectivity index (χ2n) is 4.68. The average molecular weight is 279 g/mol. The maximum Gasteiger partial charge on any atom is 0.258 e. The van der Waals surface area contributed by atoms with Gasteiger partial charge in [-0.15, -0.1) is 0 Å². The summed E-state index contributed by atoms with van der Waals surface area (Å²) in [4.78, 5) is 4.33. The third kappa shape index (κ3) is 2.65. The Morgan fingerprint density at radius 3 is 2.75 bits per heavy atom. The summed E-state index contributed by atoms with van der Waals surface area (Å²) >= 11 is 0. The first-order valence-electron chi connectivity index (χ1n) is 6.53. The van der Waals surface area contributed by atoms with Gasteiger partial charge in [0.25, 0.3) is 5.89 Å². The van der Waals surface area contributed by atoms with Crippen molar-refractivity contribution in [2.75, 3.05) is 12.3 Å². The molecule has 0 bridgehead atoms. The van der Waals surface area contributed by atoms with Crippen molar-refractivity contribution in [3.8, 4) is 11.5 Å². The SMILES string of the molecule is CCOC(C)(CC)c1noc(-c2ccc(F)c(N)c2)n1. The minimum atomic E-state index is -0.595. The van der Waals surface area contributed by atoms with Crippen molar-refractivity contribution >= 4 is 5.69 Å².